The van der Waals surface area contributed by atoms with E-state index >= 15 is 0 Å². The van der Waals surface area contributed by atoms with E-state index < -0.39 is 0 Å². The van der Waals surface area contributed by atoms with Crippen molar-refractivity contribution < 1.29 is 17.1 Å². The van der Waals surface area contributed by atoms with Gasteiger partial charge in [-0.05, 0) is 5.10 Å². The predicted octanol–water partition coefficient (Wildman–Crippen LogP) is -2.44. The predicted molar refractivity (Wildman–Crippen MR) is 30.4 cm³/mol. The summed E-state index contributed by atoms with van der Waals surface area (Å²) in [5.41, 5.74) is 0. The van der Waals surface area contributed by atoms with Crippen LogP contribution in [0.15, 0.2) is 18.5 Å². The Hall–Kier alpha value is -0.340. The van der Waals surface area contributed by atoms with Crippen molar-refractivity contribution in [2.24, 2.45) is 7.05 Å². The number of rotatable bonds is 0. The van der Waals surface area contributed by atoms with E-state index in [0.29, 0.717) is 5.02 Å². The minimum atomic E-state index is 0. The smallest absolute Gasteiger partial charge is 0.197 e. The molecule has 0 aliphatic heterocycles. The highest BCUT2D eigenvalue weighted by atomic mass is 35.5. The highest BCUT2D eigenvalue weighted by Gasteiger charge is 1.89. The molecule has 9 heavy (non-hydrogen) atoms. The first-order valence-corrected chi connectivity index (χ1v) is 2.64. The molecule has 1 rings (SSSR count). The summed E-state index contributed by atoms with van der Waals surface area (Å²) in [4.78, 5) is 0. The minimum Gasteiger partial charge on any atom is -1.00 e. The molecule has 1 aromatic rings. The lowest BCUT2D eigenvalue weighted by Gasteiger charge is -1.80. The molecule has 0 aliphatic carbocycles. The average Bonchev–Trinajstić information content (AvgIpc) is 1.77. The van der Waals surface area contributed by atoms with E-state index in [1.165, 1.54) is 0 Å². The summed E-state index contributed by atoms with van der Waals surface area (Å²) >= 11 is 5.54. The summed E-state index contributed by atoms with van der Waals surface area (Å²) in [6.45, 7) is 0. The van der Waals surface area contributed by atoms with Crippen LogP contribution in [0.4, 0.5) is 0 Å². The Morgan fingerprint density at radius 3 is 2.67 bits per heavy atom. The van der Waals surface area contributed by atoms with Crippen LogP contribution in [0.3, 0.4) is 0 Å². The van der Waals surface area contributed by atoms with Crippen LogP contribution in [0.5, 0.6) is 0 Å². The van der Waals surface area contributed by atoms with Crippen molar-refractivity contribution in [3.05, 3.63) is 23.5 Å². The zero-order valence-electron chi connectivity index (χ0n) is 4.88. The molecule has 0 N–H and O–H groups in total. The van der Waals surface area contributed by atoms with Crippen LogP contribution in [0.25, 0.3) is 0 Å². The number of nitrogens with zero attached hydrogens (tertiary/aromatic N) is 2. The Labute approximate surface area is 64.9 Å². The number of aryl methyl sites for hydroxylation is 1. The number of hydrogen-bond donors (Lipinski definition) is 0. The second-order valence-electron chi connectivity index (χ2n) is 1.52. The number of halogens is 2. The molecule has 0 saturated carbocycles. The topological polar surface area (TPSA) is 16.8 Å². The molecular formula is C5H6Cl2N2. The molecule has 0 aromatic carbocycles. The lowest BCUT2D eigenvalue weighted by Crippen LogP contribution is -3.00. The first kappa shape index (κ1) is 8.66. The molecule has 50 valence electrons. The van der Waals surface area contributed by atoms with E-state index in [-0.39, 0.29) is 12.4 Å². The van der Waals surface area contributed by atoms with Gasteiger partial charge in [0, 0.05) is 6.07 Å². The van der Waals surface area contributed by atoms with Gasteiger partial charge in [-0.3, -0.25) is 0 Å². The van der Waals surface area contributed by atoms with Crippen molar-refractivity contribution >= 4 is 11.6 Å². The van der Waals surface area contributed by atoms with Crippen molar-refractivity contribution in [3.63, 3.8) is 0 Å². The third-order valence-corrected chi connectivity index (χ3v) is 1.04. The second kappa shape index (κ2) is 3.64. The van der Waals surface area contributed by atoms with Gasteiger partial charge in [0.05, 0.1) is 5.02 Å². The minimum absolute atomic E-state index is 0. The largest absolute Gasteiger partial charge is 1.00 e. The highest BCUT2D eigenvalue weighted by Crippen LogP contribution is 1.98. The fourth-order valence-electron chi connectivity index (χ4n) is 0.407. The van der Waals surface area contributed by atoms with Gasteiger partial charge in [-0.15, -0.1) is 0 Å². The van der Waals surface area contributed by atoms with E-state index in [1.54, 1.807) is 23.1 Å². The first-order valence-electron chi connectivity index (χ1n) is 2.26. The van der Waals surface area contributed by atoms with Crippen LogP contribution in [0.1, 0.15) is 0 Å². The van der Waals surface area contributed by atoms with Crippen LogP contribution < -0.4 is 17.1 Å². The third kappa shape index (κ3) is 2.63. The van der Waals surface area contributed by atoms with Crippen LogP contribution >= 0.6 is 11.6 Å². The quantitative estimate of drug-likeness (QED) is 0.390. The zero-order chi connectivity index (χ0) is 5.98. The van der Waals surface area contributed by atoms with Crippen molar-refractivity contribution in [1.82, 2.24) is 5.10 Å². The van der Waals surface area contributed by atoms with E-state index in [9.17, 15) is 0 Å². The summed E-state index contributed by atoms with van der Waals surface area (Å²) < 4.78 is 1.69. The van der Waals surface area contributed by atoms with Crippen molar-refractivity contribution in [2.75, 3.05) is 0 Å². The molecule has 0 bridgehead atoms. The highest BCUT2D eigenvalue weighted by molar-refractivity contribution is 6.30. The fraction of sp³-hybridized carbons (Fsp3) is 0.200. The Morgan fingerprint density at radius 2 is 2.33 bits per heavy atom. The summed E-state index contributed by atoms with van der Waals surface area (Å²) in [5, 5.41) is 4.53. The maximum Gasteiger partial charge on any atom is 0.197 e. The average molecular weight is 165 g/mol. The van der Waals surface area contributed by atoms with Gasteiger partial charge in [-0.25, -0.2) is 0 Å². The Morgan fingerprint density at radius 1 is 1.67 bits per heavy atom. The molecule has 0 spiro atoms. The molecule has 0 saturated heterocycles. The molecule has 4 heteroatoms. The monoisotopic (exact) mass is 164 g/mol. The molecule has 0 amide bonds. The zero-order valence-corrected chi connectivity index (χ0v) is 6.39. The SMILES string of the molecule is C[n+]1ccc(Cl)cn1.[Cl-]. The number of hydrogen-bond acceptors (Lipinski definition) is 1. The first-order chi connectivity index (χ1) is 3.79. The lowest BCUT2D eigenvalue weighted by molar-refractivity contribution is -0.730. The van der Waals surface area contributed by atoms with Gasteiger partial charge in [0.2, 0.25) is 0 Å². The van der Waals surface area contributed by atoms with Crippen LogP contribution in [-0.2, 0) is 7.05 Å². The van der Waals surface area contributed by atoms with Crippen LogP contribution in [0.2, 0.25) is 5.02 Å². The summed E-state index contributed by atoms with van der Waals surface area (Å²) in [6, 6.07) is 1.79. The molecule has 0 radical (unpaired) electrons. The summed E-state index contributed by atoms with van der Waals surface area (Å²) in [5.74, 6) is 0. The van der Waals surface area contributed by atoms with Crippen LogP contribution in [-0.4, -0.2) is 5.10 Å². The third-order valence-electron chi connectivity index (χ3n) is 0.813. The second-order valence-corrected chi connectivity index (χ2v) is 1.96. The van der Waals surface area contributed by atoms with E-state index in [4.69, 9.17) is 11.6 Å². The molecule has 0 atom stereocenters. The Kier molecular flexibility index (Phi) is 3.50. The van der Waals surface area contributed by atoms with Crippen molar-refractivity contribution in [3.8, 4) is 0 Å². The van der Waals surface area contributed by atoms with Gasteiger partial charge >= 0.3 is 0 Å². The van der Waals surface area contributed by atoms with Crippen LogP contribution in [0, 0.1) is 0 Å². The normalized spacial score (nSPS) is 8.22. The standard InChI is InChI=1S/C5H6ClN2.ClH/c1-8-3-2-5(6)4-7-8;/h2-4H,1H3;1H/q+1;/p-1. The molecule has 2 nitrogen and oxygen atoms in total. The van der Waals surface area contributed by atoms with Crippen molar-refractivity contribution in [2.45, 2.75) is 0 Å². The van der Waals surface area contributed by atoms with Gasteiger partial charge in [-0.2, -0.15) is 0 Å². The van der Waals surface area contributed by atoms with Gasteiger partial charge in [0.25, 0.3) is 0 Å². The van der Waals surface area contributed by atoms with Gasteiger partial charge in [0.15, 0.2) is 13.2 Å². The van der Waals surface area contributed by atoms with E-state index in [2.05, 4.69) is 5.10 Å². The number of aromatic nitrogens is 2. The van der Waals surface area contributed by atoms with E-state index in [0.717, 1.165) is 0 Å². The summed E-state index contributed by atoms with van der Waals surface area (Å²) in [7, 11) is 1.84. The molecular weight excluding hydrogens is 159 g/mol. The Balaban J connectivity index is 0.000000640. The van der Waals surface area contributed by atoms with Crippen molar-refractivity contribution in [1.29, 1.82) is 0 Å². The van der Waals surface area contributed by atoms with Gasteiger partial charge in [-0.1, -0.05) is 16.3 Å². The maximum atomic E-state index is 5.54. The molecule has 0 unspecified atom stereocenters. The molecule has 1 heterocycles. The molecule has 0 aliphatic rings. The van der Waals surface area contributed by atoms with E-state index in [1.807, 2.05) is 7.05 Å². The van der Waals surface area contributed by atoms with Gasteiger partial charge in [0.1, 0.15) is 6.20 Å². The fourth-order valence-corrected chi connectivity index (χ4v) is 0.507. The lowest BCUT2D eigenvalue weighted by atomic mass is 10.6. The summed E-state index contributed by atoms with van der Waals surface area (Å²) in [6.07, 6.45) is 3.39. The molecule has 0 fully saturated rings. The van der Waals surface area contributed by atoms with Gasteiger partial charge < -0.3 is 12.4 Å². The maximum absolute atomic E-state index is 5.54. The molecule has 1 aromatic heterocycles. The Bertz CT molecular complexity index is 152.